The van der Waals surface area contributed by atoms with Crippen molar-refractivity contribution in [3.8, 4) is 0 Å². The van der Waals surface area contributed by atoms with Crippen molar-refractivity contribution in [1.29, 1.82) is 0 Å². The second-order valence-corrected chi connectivity index (χ2v) is 5.72. The zero-order valence-corrected chi connectivity index (χ0v) is 11.3. The average molecular weight is 252 g/mol. The maximum absolute atomic E-state index is 12.3. The molecule has 2 rings (SSSR count). The Morgan fingerprint density at radius 3 is 2.94 bits per heavy atom. The van der Waals surface area contributed by atoms with Crippen LogP contribution in [-0.4, -0.2) is 29.9 Å². The summed E-state index contributed by atoms with van der Waals surface area (Å²) in [5, 5.41) is 3.98. The molecule has 0 aromatic carbocycles. The number of nitrogens with two attached hydrogens (primary N) is 1. The van der Waals surface area contributed by atoms with Crippen LogP contribution in [0.1, 0.15) is 35.7 Å². The number of amides is 1. The lowest BCUT2D eigenvalue weighted by atomic mass is 9.92. The van der Waals surface area contributed by atoms with Crippen molar-refractivity contribution in [2.45, 2.75) is 32.7 Å². The molecule has 1 aliphatic rings. The highest BCUT2D eigenvalue weighted by atomic mass is 32.1. The second kappa shape index (κ2) is 5.19. The van der Waals surface area contributed by atoms with Gasteiger partial charge in [0.25, 0.3) is 5.91 Å². The van der Waals surface area contributed by atoms with Crippen LogP contribution in [0.3, 0.4) is 0 Å². The Labute approximate surface area is 107 Å². The molecule has 1 amide bonds. The van der Waals surface area contributed by atoms with E-state index in [1.165, 1.54) is 0 Å². The van der Waals surface area contributed by atoms with Gasteiger partial charge < -0.3 is 10.6 Å². The number of aryl methyl sites for hydroxylation is 1. The minimum atomic E-state index is 0.175. The molecule has 2 N–H and O–H groups in total. The predicted molar refractivity (Wildman–Crippen MR) is 71.3 cm³/mol. The van der Waals surface area contributed by atoms with Gasteiger partial charge in [-0.25, -0.2) is 0 Å². The molecule has 2 heterocycles. The summed E-state index contributed by atoms with van der Waals surface area (Å²) in [5.74, 6) is 0.626. The van der Waals surface area contributed by atoms with E-state index in [0.29, 0.717) is 5.92 Å². The molecule has 4 heteroatoms. The minimum absolute atomic E-state index is 0.175. The number of nitrogens with zero attached hydrogens (tertiary/aromatic N) is 1. The van der Waals surface area contributed by atoms with Crippen LogP contribution in [0.2, 0.25) is 0 Å². The number of carbonyl (C=O) groups is 1. The molecule has 1 saturated heterocycles. The fourth-order valence-corrected chi connectivity index (χ4v) is 3.20. The zero-order chi connectivity index (χ0) is 12.4. The van der Waals surface area contributed by atoms with Crippen molar-refractivity contribution < 1.29 is 4.79 Å². The smallest absolute Gasteiger partial charge is 0.254 e. The van der Waals surface area contributed by atoms with Crippen molar-refractivity contribution in [3.05, 3.63) is 21.9 Å². The number of hydrogen-bond acceptors (Lipinski definition) is 3. The van der Waals surface area contributed by atoms with Crippen LogP contribution >= 0.6 is 11.3 Å². The third-order valence-electron chi connectivity index (χ3n) is 3.57. The summed E-state index contributed by atoms with van der Waals surface area (Å²) >= 11 is 1.59. The molecule has 2 atom stereocenters. The highest BCUT2D eigenvalue weighted by Crippen LogP contribution is 2.22. The first-order valence-corrected chi connectivity index (χ1v) is 7.11. The summed E-state index contributed by atoms with van der Waals surface area (Å²) < 4.78 is 0. The van der Waals surface area contributed by atoms with Crippen molar-refractivity contribution in [2.75, 3.05) is 13.1 Å². The van der Waals surface area contributed by atoms with Crippen molar-refractivity contribution >= 4 is 17.2 Å². The molecule has 94 valence electrons. The van der Waals surface area contributed by atoms with Gasteiger partial charge in [-0.1, -0.05) is 0 Å². The molecule has 1 aliphatic heterocycles. The molecule has 17 heavy (non-hydrogen) atoms. The fraction of sp³-hybridized carbons (Fsp3) is 0.615. The van der Waals surface area contributed by atoms with Gasteiger partial charge in [0.1, 0.15) is 0 Å². The Morgan fingerprint density at radius 2 is 2.35 bits per heavy atom. The van der Waals surface area contributed by atoms with Crippen LogP contribution in [0.5, 0.6) is 0 Å². The molecule has 0 aliphatic carbocycles. The van der Waals surface area contributed by atoms with Gasteiger partial charge in [-0.3, -0.25) is 4.79 Å². The van der Waals surface area contributed by atoms with Crippen molar-refractivity contribution in [1.82, 2.24) is 4.90 Å². The molecule has 1 aromatic rings. The summed E-state index contributed by atoms with van der Waals surface area (Å²) in [6.45, 7) is 5.72. The van der Waals surface area contributed by atoms with E-state index in [2.05, 4.69) is 0 Å². The summed E-state index contributed by atoms with van der Waals surface area (Å²) in [6.07, 6.45) is 2.21. The summed E-state index contributed by atoms with van der Waals surface area (Å²) in [7, 11) is 0. The van der Waals surface area contributed by atoms with Gasteiger partial charge in [-0.05, 0) is 43.6 Å². The topological polar surface area (TPSA) is 46.3 Å². The van der Waals surface area contributed by atoms with Crippen LogP contribution in [0.15, 0.2) is 10.8 Å². The monoisotopic (exact) mass is 252 g/mol. The maximum atomic E-state index is 12.3. The van der Waals surface area contributed by atoms with Gasteiger partial charge >= 0.3 is 0 Å². The van der Waals surface area contributed by atoms with Crippen LogP contribution in [0.25, 0.3) is 0 Å². The molecule has 0 saturated carbocycles. The van der Waals surface area contributed by atoms with Crippen LogP contribution in [0.4, 0.5) is 0 Å². The molecule has 0 unspecified atom stereocenters. The SMILES string of the molecule is Cc1cscc1C(=O)N1CCC[C@H]([C@H](C)N)C1. The summed E-state index contributed by atoms with van der Waals surface area (Å²) in [5.41, 5.74) is 7.89. The Balaban J connectivity index is 2.07. The Kier molecular flexibility index (Phi) is 3.84. The highest BCUT2D eigenvalue weighted by Gasteiger charge is 2.27. The van der Waals surface area contributed by atoms with E-state index in [1.807, 2.05) is 29.5 Å². The molecule has 0 spiro atoms. The first-order valence-electron chi connectivity index (χ1n) is 6.17. The van der Waals surface area contributed by atoms with E-state index in [0.717, 1.165) is 37.1 Å². The van der Waals surface area contributed by atoms with Gasteiger partial charge in [-0.15, -0.1) is 0 Å². The maximum Gasteiger partial charge on any atom is 0.254 e. The van der Waals surface area contributed by atoms with E-state index in [-0.39, 0.29) is 11.9 Å². The normalized spacial score (nSPS) is 22.5. The first-order chi connectivity index (χ1) is 8.09. The number of piperidine rings is 1. The standard InChI is InChI=1S/C13H20N2OS/c1-9-7-17-8-12(9)13(16)15-5-3-4-11(6-15)10(2)14/h7-8,10-11H,3-6,14H2,1-2H3/t10-,11-/m0/s1. The highest BCUT2D eigenvalue weighted by molar-refractivity contribution is 7.08. The van der Waals surface area contributed by atoms with Crippen molar-refractivity contribution in [2.24, 2.45) is 11.7 Å². The lowest BCUT2D eigenvalue weighted by Gasteiger charge is -2.34. The summed E-state index contributed by atoms with van der Waals surface area (Å²) in [4.78, 5) is 14.3. The molecule has 1 aromatic heterocycles. The van der Waals surface area contributed by atoms with E-state index >= 15 is 0 Å². The molecular formula is C13H20N2OS. The zero-order valence-electron chi connectivity index (χ0n) is 10.5. The van der Waals surface area contributed by atoms with Gasteiger partial charge in [0.05, 0.1) is 5.56 Å². The van der Waals surface area contributed by atoms with Gasteiger partial charge in [-0.2, -0.15) is 11.3 Å². The largest absolute Gasteiger partial charge is 0.338 e. The number of rotatable bonds is 2. The van der Waals surface area contributed by atoms with Gasteiger partial charge in [0.15, 0.2) is 0 Å². The van der Waals surface area contributed by atoms with Crippen LogP contribution in [0, 0.1) is 12.8 Å². The van der Waals surface area contributed by atoms with E-state index < -0.39 is 0 Å². The number of carbonyl (C=O) groups excluding carboxylic acids is 1. The van der Waals surface area contributed by atoms with E-state index in [1.54, 1.807) is 11.3 Å². The van der Waals surface area contributed by atoms with Crippen LogP contribution in [-0.2, 0) is 0 Å². The predicted octanol–water partition coefficient (Wildman–Crippen LogP) is 2.26. The third kappa shape index (κ3) is 2.69. The Hall–Kier alpha value is -0.870. The minimum Gasteiger partial charge on any atom is -0.338 e. The lowest BCUT2D eigenvalue weighted by Crippen LogP contribution is -2.45. The molecular weight excluding hydrogens is 232 g/mol. The number of thiophene rings is 1. The third-order valence-corrected chi connectivity index (χ3v) is 4.44. The van der Waals surface area contributed by atoms with Gasteiger partial charge in [0.2, 0.25) is 0 Å². The average Bonchev–Trinajstić information content (AvgIpc) is 2.74. The molecule has 0 radical (unpaired) electrons. The molecule has 3 nitrogen and oxygen atoms in total. The van der Waals surface area contributed by atoms with Crippen molar-refractivity contribution in [3.63, 3.8) is 0 Å². The second-order valence-electron chi connectivity index (χ2n) is 4.98. The van der Waals surface area contributed by atoms with Gasteiger partial charge in [0, 0.05) is 24.5 Å². The Bertz CT molecular complexity index is 400. The summed E-state index contributed by atoms with van der Waals surface area (Å²) in [6, 6.07) is 0.175. The molecule has 1 fully saturated rings. The lowest BCUT2D eigenvalue weighted by molar-refractivity contribution is 0.0661. The van der Waals surface area contributed by atoms with E-state index in [9.17, 15) is 4.79 Å². The Morgan fingerprint density at radius 1 is 1.59 bits per heavy atom. The number of likely N-dealkylation sites (tertiary alicyclic amines) is 1. The quantitative estimate of drug-likeness (QED) is 0.877. The van der Waals surface area contributed by atoms with E-state index in [4.69, 9.17) is 5.73 Å². The number of hydrogen-bond donors (Lipinski definition) is 1. The van der Waals surface area contributed by atoms with Crippen LogP contribution < -0.4 is 5.73 Å². The molecule has 0 bridgehead atoms. The fourth-order valence-electron chi connectivity index (χ4n) is 2.37. The first kappa shape index (κ1) is 12.6.